The molecule has 0 bridgehead atoms. The molecule has 2 nitrogen and oxygen atoms in total. The quantitative estimate of drug-likeness (QED) is 0.204. The minimum Gasteiger partial charge on any atom is -0.529 e. The molecule has 150 valence electrons. The molecule has 0 N–H and O–H groups in total. The van der Waals surface area contributed by atoms with Crippen molar-refractivity contribution in [1.29, 1.82) is 0 Å². The van der Waals surface area contributed by atoms with Gasteiger partial charge < -0.3 is 4.43 Å². The van der Waals surface area contributed by atoms with Crippen molar-refractivity contribution in [3.05, 3.63) is 0 Å². The Hall–Kier alpha value is -0.313. The van der Waals surface area contributed by atoms with E-state index >= 15 is 0 Å². The Morgan fingerprint density at radius 3 is 1.56 bits per heavy atom. The van der Waals surface area contributed by atoms with Gasteiger partial charge in [0.2, 0.25) is 10.5 Å². The third kappa shape index (κ3) is 13.5. The zero-order valence-corrected chi connectivity index (χ0v) is 19.8. The van der Waals surface area contributed by atoms with E-state index in [1.165, 1.54) is 96.3 Å². The number of hydrogen-bond donors (Lipinski definition) is 0. The number of carbonyl (C=O) groups is 1. The Labute approximate surface area is 161 Å². The van der Waals surface area contributed by atoms with Gasteiger partial charge in [0, 0.05) is 6.42 Å². The summed E-state index contributed by atoms with van der Waals surface area (Å²) < 4.78 is 5.03. The monoisotopic (exact) mass is 370 g/mol. The Bertz CT molecular complexity index is 288. The summed E-state index contributed by atoms with van der Waals surface area (Å²) in [6.07, 6.45) is 21.8. The zero-order chi connectivity index (χ0) is 18.8. The predicted octanol–water partition coefficient (Wildman–Crippen LogP) is 6.49. The fourth-order valence-electron chi connectivity index (χ4n) is 3.94. The van der Waals surface area contributed by atoms with Crippen molar-refractivity contribution in [3.63, 3.8) is 0 Å². The lowest BCUT2D eigenvalue weighted by molar-refractivity contribution is -0.134. The first-order chi connectivity index (χ1) is 12.1. The van der Waals surface area contributed by atoms with Gasteiger partial charge in [0.05, 0.1) is 0 Å². The summed E-state index contributed by atoms with van der Waals surface area (Å²) in [5.74, 6) is 0.0235. The molecule has 25 heavy (non-hydrogen) atoms. The molecule has 0 unspecified atom stereocenters. The molecule has 0 aromatic rings. The fraction of sp³-hybridized carbons (Fsp3) is 0.955. The second-order valence-corrected chi connectivity index (χ2v) is 8.37. The molecule has 3 heteroatoms. The Morgan fingerprint density at radius 2 is 1.16 bits per heavy atom. The summed E-state index contributed by atoms with van der Waals surface area (Å²) in [6, 6.07) is 0. The van der Waals surface area contributed by atoms with Gasteiger partial charge in [-0.25, -0.2) is 0 Å². The molecule has 0 atom stereocenters. The average molecular weight is 371 g/mol. The molecule has 0 aromatic carbocycles. The van der Waals surface area contributed by atoms with Gasteiger partial charge in [-0.2, -0.15) is 0 Å². The molecule has 0 aliphatic carbocycles. The molecule has 0 saturated carbocycles. The van der Waals surface area contributed by atoms with Crippen molar-refractivity contribution in [2.24, 2.45) is 5.41 Å². The molecule has 0 saturated heterocycles. The standard InChI is InChI=1S/C22H46O2Si/c1-4-7-9-11-13-15-18-22(6-3,20-17-21(23)24-25)19-16-14-12-10-8-5-2/h4-20H2,1-3,25H3. The Balaban J connectivity index is 4.31. The maximum Gasteiger partial charge on any atom is 0.291 e. The molecule has 0 fully saturated rings. The minimum absolute atomic E-state index is 0.0235. The van der Waals surface area contributed by atoms with Crippen LogP contribution in [0.25, 0.3) is 0 Å². The summed E-state index contributed by atoms with van der Waals surface area (Å²) in [5, 5.41) is 0. The second kappa shape index (κ2) is 17.1. The van der Waals surface area contributed by atoms with Crippen molar-refractivity contribution in [2.45, 2.75) is 130 Å². The van der Waals surface area contributed by atoms with Crippen LogP contribution in [-0.4, -0.2) is 16.5 Å². The lowest BCUT2D eigenvalue weighted by Crippen LogP contribution is -2.22. The first-order valence-corrected chi connectivity index (χ1v) is 12.0. The highest BCUT2D eigenvalue weighted by Crippen LogP contribution is 2.40. The smallest absolute Gasteiger partial charge is 0.291 e. The molecular formula is C22H46O2Si. The van der Waals surface area contributed by atoms with Crippen molar-refractivity contribution < 1.29 is 9.22 Å². The molecule has 0 aliphatic rings. The summed E-state index contributed by atoms with van der Waals surface area (Å²) in [5.41, 5.74) is 0.380. The van der Waals surface area contributed by atoms with Gasteiger partial charge >= 0.3 is 0 Å². The van der Waals surface area contributed by atoms with E-state index in [-0.39, 0.29) is 5.97 Å². The Kier molecular flexibility index (Phi) is 16.9. The lowest BCUT2D eigenvalue weighted by Gasteiger charge is -2.33. The van der Waals surface area contributed by atoms with Crippen LogP contribution in [0.2, 0.25) is 0 Å². The van der Waals surface area contributed by atoms with Crippen LogP contribution < -0.4 is 0 Å². The highest BCUT2D eigenvalue weighted by atomic mass is 28.2. The third-order valence-electron chi connectivity index (χ3n) is 5.96. The van der Waals surface area contributed by atoms with Crippen molar-refractivity contribution >= 4 is 16.5 Å². The lowest BCUT2D eigenvalue weighted by atomic mass is 9.72. The number of carbonyl (C=O) groups excluding carboxylic acids is 1. The fourth-order valence-corrected chi connectivity index (χ4v) is 4.14. The van der Waals surface area contributed by atoms with Gasteiger partial charge in [-0.1, -0.05) is 104 Å². The summed E-state index contributed by atoms with van der Waals surface area (Å²) in [4.78, 5) is 11.7. The first kappa shape index (κ1) is 24.7. The van der Waals surface area contributed by atoms with Crippen LogP contribution >= 0.6 is 0 Å². The maximum absolute atomic E-state index is 11.7. The summed E-state index contributed by atoms with van der Waals surface area (Å²) in [6.45, 7) is 6.89. The average Bonchev–Trinajstić information content (AvgIpc) is 2.64. The van der Waals surface area contributed by atoms with Crippen LogP contribution in [0.15, 0.2) is 0 Å². The molecule has 0 aromatic heterocycles. The van der Waals surface area contributed by atoms with E-state index in [9.17, 15) is 4.79 Å². The van der Waals surface area contributed by atoms with Gasteiger partial charge in [-0.3, -0.25) is 4.79 Å². The van der Waals surface area contributed by atoms with E-state index in [2.05, 4.69) is 20.8 Å². The van der Waals surface area contributed by atoms with Crippen LogP contribution in [-0.2, 0) is 9.22 Å². The predicted molar refractivity (Wildman–Crippen MR) is 114 cm³/mol. The molecule has 0 heterocycles. The molecule has 0 spiro atoms. The molecule has 0 rings (SSSR count). The van der Waals surface area contributed by atoms with Crippen molar-refractivity contribution in [2.75, 3.05) is 0 Å². The van der Waals surface area contributed by atoms with Crippen molar-refractivity contribution in [1.82, 2.24) is 0 Å². The number of rotatable bonds is 18. The molecular weight excluding hydrogens is 324 g/mol. The van der Waals surface area contributed by atoms with E-state index in [1.807, 2.05) is 0 Å². The van der Waals surface area contributed by atoms with Crippen LogP contribution in [0, 0.1) is 5.41 Å². The van der Waals surface area contributed by atoms with Gasteiger partial charge in [-0.05, 0) is 24.7 Å². The molecule has 0 amide bonds. The van der Waals surface area contributed by atoms with Crippen LogP contribution in [0.1, 0.15) is 130 Å². The summed E-state index contributed by atoms with van der Waals surface area (Å²) >= 11 is 0. The first-order valence-electron chi connectivity index (χ1n) is 11.2. The largest absolute Gasteiger partial charge is 0.529 e. The highest BCUT2D eigenvalue weighted by molar-refractivity contribution is 6.05. The van der Waals surface area contributed by atoms with Crippen LogP contribution in [0.4, 0.5) is 0 Å². The van der Waals surface area contributed by atoms with Gasteiger partial charge in [0.15, 0.2) is 0 Å². The minimum atomic E-state index is 0.0235. The van der Waals surface area contributed by atoms with E-state index in [0.717, 1.165) is 6.42 Å². The van der Waals surface area contributed by atoms with E-state index in [0.29, 0.717) is 22.3 Å². The molecule has 0 radical (unpaired) electrons. The Morgan fingerprint density at radius 1 is 0.720 bits per heavy atom. The van der Waals surface area contributed by atoms with Crippen LogP contribution in [0.5, 0.6) is 0 Å². The van der Waals surface area contributed by atoms with E-state index < -0.39 is 0 Å². The molecule has 0 aliphatic heterocycles. The van der Waals surface area contributed by atoms with E-state index in [1.54, 1.807) is 0 Å². The van der Waals surface area contributed by atoms with Crippen LogP contribution in [0.3, 0.4) is 0 Å². The maximum atomic E-state index is 11.7. The number of hydrogen-bond acceptors (Lipinski definition) is 2. The van der Waals surface area contributed by atoms with Gasteiger partial charge in [-0.15, -0.1) is 0 Å². The number of unbranched alkanes of at least 4 members (excludes halogenated alkanes) is 10. The normalized spacial score (nSPS) is 11.8. The highest BCUT2D eigenvalue weighted by Gasteiger charge is 2.27. The van der Waals surface area contributed by atoms with Gasteiger partial charge in [0.1, 0.15) is 0 Å². The van der Waals surface area contributed by atoms with Crippen molar-refractivity contribution in [3.8, 4) is 0 Å². The SMILES string of the molecule is CCCCCCCCC(CC)(CCCCCCCC)CCC(=O)O[SiH3]. The topological polar surface area (TPSA) is 26.3 Å². The summed E-state index contributed by atoms with van der Waals surface area (Å²) in [7, 11) is 0.534. The second-order valence-electron chi connectivity index (χ2n) is 7.97. The van der Waals surface area contributed by atoms with Gasteiger partial charge in [0.25, 0.3) is 5.97 Å². The zero-order valence-electron chi connectivity index (χ0n) is 17.8. The van der Waals surface area contributed by atoms with E-state index in [4.69, 9.17) is 4.43 Å². The third-order valence-corrected chi connectivity index (χ3v) is 6.41.